The average molecular weight is 600 g/mol. The number of hydrogen-bond acceptors (Lipinski definition) is 5. The SMILES string of the molecule is CCN(C(=O)c1ccccc1OC(CCN(C)C(=O)OC(C)(C)C)c1ccccc1)C1CCN(CCc2ccccc2)CC1. The summed E-state index contributed by atoms with van der Waals surface area (Å²) in [6.07, 6.45) is 2.79. The number of hydrogen-bond donors (Lipinski definition) is 0. The van der Waals surface area contributed by atoms with E-state index in [0.29, 0.717) is 30.8 Å². The first kappa shape index (κ1) is 33.1. The molecule has 2 amide bonds. The molecule has 1 aliphatic rings. The van der Waals surface area contributed by atoms with E-state index >= 15 is 0 Å². The molecule has 0 saturated carbocycles. The van der Waals surface area contributed by atoms with Crippen molar-refractivity contribution < 1.29 is 19.1 Å². The van der Waals surface area contributed by atoms with Crippen molar-refractivity contribution in [1.29, 1.82) is 0 Å². The Balaban J connectivity index is 1.42. The Labute approximate surface area is 263 Å². The summed E-state index contributed by atoms with van der Waals surface area (Å²) in [6.45, 7) is 11.7. The van der Waals surface area contributed by atoms with E-state index < -0.39 is 5.60 Å². The molecule has 1 aliphatic heterocycles. The molecule has 1 fully saturated rings. The standard InChI is InChI=1S/C37H49N3O4/c1-6-40(31-22-27-39(28-23-31)26-21-29-15-9-7-10-16-29)35(41)32-19-13-14-20-34(32)43-33(30-17-11-8-12-18-30)24-25-38(5)36(42)44-37(2,3)4/h7-20,31,33H,6,21-28H2,1-5H3. The molecule has 1 atom stereocenters. The maximum absolute atomic E-state index is 14.1. The summed E-state index contributed by atoms with van der Waals surface area (Å²) in [7, 11) is 1.74. The molecular formula is C37H49N3O4. The third-order valence-corrected chi connectivity index (χ3v) is 8.15. The maximum atomic E-state index is 14.1. The van der Waals surface area contributed by atoms with E-state index in [0.717, 1.165) is 44.5 Å². The van der Waals surface area contributed by atoms with Crippen molar-refractivity contribution in [3.05, 3.63) is 102 Å². The smallest absolute Gasteiger partial charge is 0.410 e. The highest BCUT2D eigenvalue weighted by molar-refractivity contribution is 5.97. The lowest BCUT2D eigenvalue weighted by Gasteiger charge is -2.38. The van der Waals surface area contributed by atoms with Gasteiger partial charge >= 0.3 is 6.09 Å². The van der Waals surface area contributed by atoms with Crippen LogP contribution < -0.4 is 4.74 Å². The van der Waals surface area contributed by atoms with Crippen molar-refractivity contribution in [3.8, 4) is 5.75 Å². The molecule has 0 radical (unpaired) electrons. The van der Waals surface area contributed by atoms with E-state index in [4.69, 9.17) is 9.47 Å². The Morgan fingerprint density at radius 2 is 1.52 bits per heavy atom. The molecule has 1 saturated heterocycles. The molecule has 4 rings (SSSR count). The van der Waals surface area contributed by atoms with Gasteiger partial charge in [0, 0.05) is 52.2 Å². The Bertz CT molecular complexity index is 1320. The number of carbonyl (C=O) groups excluding carboxylic acids is 2. The van der Waals surface area contributed by atoms with Crippen molar-refractivity contribution in [2.45, 2.75) is 71.1 Å². The molecule has 0 aliphatic carbocycles. The zero-order valence-electron chi connectivity index (χ0n) is 27.1. The van der Waals surface area contributed by atoms with Crippen LogP contribution in [0.15, 0.2) is 84.9 Å². The number of amides is 2. The quantitative estimate of drug-likeness (QED) is 0.220. The van der Waals surface area contributed by atoms with Crippen molar-refractivity contribution in [2.75, 3.05) is 39.8 Å². The lowest BCUT2D eigenvalue weighted by molar-refractivity contribution is 0.0278. The number of likely N-dealkylation sites (tertiary alicyclic amines) is 1. The van der Waals surface area contributed by atoms with Crippen molar-refractivity contribution >= 4 is 12.0 Å². The van der Waals surface area contributed by atoms with Crippen molar-refractivity contribution in [1.82, 2.24) is 14.7 Å². The van der Waals surface area contributed by atoms with Gasteiger partial charge in [-0.15, -0.1) is 0 Å². The monoisotopic (exact) mass is 599 g/mol. The van der Waals surface area contributed by atoms with E-state index in [9.17, 15) is 9.59 Å². The van der Waals surface area contributed by atoms with Gasteiger partial charge in [-0.05, 0) is 70.2 Å². The van der Waals surface area contributed by atoms with Gasteiger partial charge in [0.1, 0.15) is 17.5 Å². The van der Waals surface area contributed by atoms with E-state index in [-0.39, 0.29) is 24.1 Å². The third kappa shape index (κ3) is 9.58. The minimum absolute atomic E-state index is 0.00326. The summed E-state index contributed by atoms with van der Waals surface area (Å²) in [5.74, 6) is 0.563. The minimum atomic E-state index is -0.566. The predicted octanol–water partition coefficient (Wildman–Crippen LogP) is 7.23. The van der Waals surface area contributed by atoms with Crippen LogP contribution in [0.2, 0.25) is 0 Å². The Morgan fingerprint density at radius 1 is 0.909 bits per heavy atom. The summed E-state index contributed by atoms with van der Waals surface area (Å²) in [5, 5.41) is 0. The fraction of sp³-hybridized carbons (Fsp3) is 0.459. The Morgan fingerprint density at radius 3 is 2.16 bits per heavy atom. The molecule has 236 valence electrons. The van der Waals surface area contributed by atoms with Gasteiger partial charge in [-0.25, -0.2) is 4.79 Å². The Hall–Kier alpha value is -3.84. The van der Waals surface area contributed by atoms with Crippen LogP contribution in [0, 0.1) is 0 Å². The average Bonchev–Trinajstić information content (AvgIpc) is 3.03. The van der Waals surface area contributed by atoms with Gasteiger partial charge in [-0.3, -0.25) is 4.79 Å². The molecule has 3 aromatic rings. The third-order valence-electron chi connectivity index (χ3n) is 8.15. The van der Waals surface area contributed by atoms with Gasteiger partial charge < -0.3 is 24.2 Å². The molecule has 7 heteroatoms. The molecule has 44 heavy (non-hydrogen) atoms. The summed E-state index contributed by atoms with van der Waals surface area (Å²) < 4.78 is 12.2. The topological polar surface area (TPSA) is 62.3 Å². The molecule has 3 aromatic carbocycles. The van der Waals surface area contributed by atoms with Gasteiger partial charge in [-0.2, -0.15) is 0 Å². The number of para-hydroxylation sites is 1. The zero-order valence-corrected chi connectivity index (χ0v) is 27.1. The molecule has 0 aromatic heterocycles. The fourth-order valence-corrected chi connectivity index (χ4v) is 5.71. The summed E-state index contributed by atoms with van der Waals surface area (Å²) in [4.78, 5) is 32.8. The van der Waals surface area contributed by atoms with Gasteiger partial charge in [0.15, 0.2) is 0 Å². The number of rotatable bonds is 12. The van der Waals surface area contributed by atoms with Crippen LogP contribution in [-0.4, -0.2) is 78.1 Å². The molecule has 1 unspecified atom stereocenters. The predicted molar refractivity (Wildman–Crippen MR) is 176 cm³/mol. The van der Waals surface area contributed by atoms with E-state index in [1.807, 2.05) is 80.3 Å². The summed E-state index contributed by atoms with van der Waals surface area (Å²) in [6, 6.07) is 28.3. The summed E-state index contributed by atoms with van der Waals surface area (Å²) >= 11 is 0. The second kappa shape index (κ2) is 15.8. The highest BCUT2D eigenvalue weighted by Gasteiger charge is 2.30. The number of carbonyl (C=O) groups is 2. The van der Waals surface area contributed by atoms with Crippen LogP contribution in [0.3, 0.4) is 0 Å². The van der Waals surface area contributed by atoms with Gasteiger partial charge in [0.2, 0.25) is 0 Å². The Kier molecular flexibility index (Phi) is 11.8. The zero-order chi connectivity index (χ0) is 31.5. The largest absolute Gasteiger partial charge is 0.485 e. The fourth-order valence-electron chi connectivity index (χ4n) is 5.71. The van der Waals surface area contributed by atoms with Crippen LogP contribution >= 0.6 is 0 Å². The van der Waals surface area contributed by atoms with Crippen LogP contribution in [0.4, 0.5) is 4.79 Å². The first-order valence-electron chi connectivity index (χ1n) is 16.0. The highest BCUT2D eigenvalue weighted by Crippen LogP contribution is 2.30. The van der Waals surface area contributed by atoms with Gasteiger partial charge in [0.25, 0.3) is 5.91 Å². The lowest BCUT2D eigenvalue weighted by Crippen LogP contribution is -2.47. The number of ether oxygens (including phenoxy) is 2. The molecule has 7 nitrogen and oxygen atoms in total. The molecule has 0 N–H and O–H groups in total. The van der Waals surface area contributed by atoms with Crippen LogP contribution in [0.1, 0.15) is 74.5 Å². The normalized spacial score (nSPS) is 14.9. The number of piperidine rings is 1. The number of nitrogens with zero attached hydrogens (tertiary/aromatic N) is 3. The molecule has 0 spiro atoms. The molecule has 1 heterocycles. The second-order valence-electron chi connectivity index (χ2n) is 12.6. The van der Waals surface area contributed by atoms with E-state index in [2.05, 4.69) is 42.2 Å². The van der Waals surface area contributed by atoms with Gasteiger partial charge in [0.05, 0.1) is 5.56 Å². The first-order chi connectivity index (χ1) is 21.1. The molecular weight excluding hydrogens is 550 g/mol. The van der Waals surface area contributed by atoms with Crippen LogP contribution in [0.5, 0.6) is 5.75 Å². The molecule has 0 bridgehead atoms. The highest BCUT2D eigenvalue weighted by atomic mass is 16.6. The minimum Gasteiger partial charge on any atom is -0.485 e. The maximum Gasteiger partial charge on any atom is 0.410 e. The van der Waals surface area contributed by atoms with Crippen LogP contribution in [0.25, 0.3) is 0 Å². The van der Waals surface area contributed by atoms with E-state index in [1.54, 1.807) is 11.9 Å². The number of benzene rings is 3. The van der Waals surface area contributed by atoms with E-state index in [1.165, 1.54) is 5.56 Å². The van der Waals surface area contributed by atoms with Crippen LogP contribution in [-0.2, 0) is 11.2 Å². The second-order valence-corrected chi connectivity index (χ2v) is 12.6. The van der Waals surface area contributed by atoms with Crippen molar-refractivity contribution in [3.63, 3.8) is 0 Å². The summed E-state index contributed by atoms with van der Waals surface area (Å²) in [5.41, 5.74) is 2.36. The van der Waals surface area contributed by atoms with Gasteiger partial charge in [-0.1, -0.05) is 72.8 Å². The lowest BCUT2D eigenvalue weighted by atomic mass is 10.0. The van der Waals surface area contributed by atoms with Crippen molar-refractivity contribution in [2.24, 2.45) is 0 Å². The first-order valence-corrected chi connectivity index (χ1v) is 16.0.